The minimum Gasteiger partial charge on any atom is -0.310 e. The zero-order chi connectivity index (χ0) is 33.8. The number of nitrogens with zero attached hydrogens (tertiary/aromatic N) is 5. The van der Waals surface area contributed by atoms with Gasteiger partial charge in [-0.15, -0.1) is 0 Å². The molecule has 0 radical (unpaired) electrons. The lowest BCUT2D eigenvalue weighted by molar-refractivity contribution is 1.18. The fraction of sp³-hybridized carbons (Fsp3) is 0. The van der Waals surface area contributed by atoms with Crippen LogP contribution in [-0.2, 0) is 0 Å². The van der Waals surface area contributed by atoms with Crippen LogP contribution < -0.4 is 0 Å². The van der Waals surface area contributed by atoms with E-state index in [9.17, 15) is 10.5 Å². The molecule has 9 aromatic rings. The highest BCUT2D eigenvalue weighted by Gasteiger charge is 2.18. The van der Waals surface area contributed by atoms with E-state index in [2.05, 4.69) is 117 Å². The lowest BCUT2D eigenvalue weighted by Gasteiger charge is -2.16. The first-order valence-corrected chi connectivity index (χ1v) is 16.3. The van der Waals surface area contributed by atoms with Gasteiger partial charge < -0.3 is 9.13 Å². The molecule has 0 unspecified atom stereocenters. The van der Waals surface area contributed by atoms with Crippen LogP contribution in [0.25, 0.3) is 82.1 Å². The normalized spacial score (nSPS) is 11.1. The van der Waals surface area contributed by atoms with Crippen LogP contribution in [0.15, 0.2) is 152 Å². The third-order valence-electron chi connectivity index (χ3n) is 9.60. The molecule has 5 heteroatoms. The Balaban J connectivity index is 1.24. The van der Waals surface area contributed by atoms with Gasteiger partial charge in [-0.05, 0) is 77.9 Å². The van der Waals surface area contributed by atoms with Gasteiger partial charge in [0.05, 0.1) is 52.1 Å². The van der Waals surface area contributed by atoms with Crippen LogP contribution in [0.1, 0.15) is 11.1 Å². The third kappa shape index (κ3) is 4.38. The van der Waals surface area contributed by atoms with Gasteiger partial charge in [0.15, 0.2) is 5.69 Å². The molecule has 0 amide bonds. The lowest BCUT2D eigenvalue weighted by atomic mass is 9.94. The minimum absolute atomic E-state index is 0.545. The molecule has 0 aliphatic heterocycles. The molecule has 2 heterocycles. The quantitative estimate of drug-likeness (QED) is 0.181. The van der Waals surface area contributed by atoms with Crippen molar-refractivity contribution in [1.29, 1.82) is 10.5 Å². The summed E-state index contributed by atoms with van der Waals surface area (Å²) in [6.45, 7) is 7.70. The Morgan fingerprint density at radius 3 is 1.94 bits per heavy atom. The summed E-state index contributed by atoms with van der Waals surface area (Å²) in [6.07, 6.45) is 0. The average Bonchev–Trinajstić information content (AvgIpc) is 3.69. The molecule has 0 saturated carbocycles. The number of hydrogen-bond donors (Lipinski definition) is 0. The van der Waals surface area contributed by atoms with Crippen molar-refractivity contribution in [2.75, 3.05) is 0 Å². The SMILES string of the molecule is [C-]#[N+]c1ccc2c3cc(C#N)ccc3n(-c3ccccc3-c3ccc(C#N)c(-c4cccc(-n5c6ccccc6c6ccccc65)c4)c3)c2c1. The number of hydrogen-bond acceptors (Lipinski definition) is 2. The van der Waals surface area contributed by atoms with Crippen LogP contribution in [0.5, 0.6) is 0 Å². The molecule has 2 aromatic heterocycles. The van der Waals surface area contributed by atoms with Crippen molar-refractivity contribution in [3.63, 3.8) is 0 Å². The lowest BCUT2D eigenvalue weighted by Crippen LogP contribution is -1.98. The number of benzene rings is 7. The van der Waals surface area contributed by atoms with Gasteiger partial charge in [-0.3, -0.25) is 0 Å². The van der Waals surface area contributed by atoms with Gasteiger partial charge >= 0.3 is 0 Å². The summed E-state index contributed by atoms with van der Waals surface area (Å²) in [5.41, 5.74) is 11.5. The first kappa shape index (κ1) is 28.8. The summed E-state index contributed by atoms with van der Waals surface area (Å²) < 4.78 is 4.47. The Labute approximate surface area is 288 Å². The fourth-order valence-electron chi connectivity index (χ4n) is 7.38. The second-order valence-corrected chi connectivity index (χ2v) is 12.3. The summed E-state index contributed by atoms with van der Waals surface area (Å²) >= 11 is 0. The van der Waals surface area contributed by atoms with Crippen molar-refractivity contribution < 1.29 is 0 Å². The standard InChI is InChI=1S/C45H25N5/c1-48-33-20-21-38-40-23-29(27-46)17-22-44(40)50(45(38)26-33)41-14-5-2-11-35(41)31-18-19-32(28-47)39(25-31)30-9-8-10-34(24-30)49-42-15-6-3-12-36(42)37-13-4-7-16-43(37)49/h2-26H. The number of fused-ring (bicyclic) bond motifs is 6. The summed E-state index contributed by atoms with van der Waals surface area (Å²) in [5.74, 6) is 0. The molecular formula is C45H25N5. The Kier molecular flexibility index (Phi) is 6.56. The van der Waals surface area contributed by atoms with E-state index in [1.807, 2.05) is 60.7 Å². The van der Waals surface area contributed by atoms with Crippen molar-refractivity contribution in [1.82, 2.24) is 9.13 Å². The molecule has 0 fully saturated rings. The van der Waals surface area contributed by atoms with E-state index < -0.39 is 0 Å². The molecule has 7 aromatic carbocycles. The molecule has 0 aliphatic rings. The van der Waals surface area contributed by atoms with Gasteiger partial charge in [0.2, 0.25) is 0 Å². The van der Waals surface area contributed by atoms with Crippen molar-refractivity contribution in [3.8, 4) is 45.8 Å². The van der Waals surface area contributed by atoms with Crippen LogP contribution in [0.3, 0.4) is 0 Å². The van der Waals surface area contributed by atoms with Crippen LogP contribution in [0, 0.1) is 29.2 Å². The monoisotopic (exact) mass is 635 g/mol. The maximum atomic E-state index is 10.3. The smallest absolute Gasteiger partial charge is 0.189 e. The summed E-state index contributed by atoms with van der Waals surface area (Å²) in [6, 6.07) is 55.7. The number of para-hydroxylation sites is 3. The maximum Gasteiger partial charge on any atom is 0.189 e. The zero-order valence-corrected chi connectivity index (χ0v) is 26.7. The topological polar surface area (TPSA) is 61.8 Å². The molecule has 0 saturated heterocycles. The maximum absolute atomic E-state index is 10.3. The third-order valence-corrected chi connectivity index (χ3v) is 9.60. The van der Waals surface area contributed by atoms with E-state index in [0.717, 1.165) is 66.5 Å². The Bertz CT molecular complexity index is 2920. The van der Waals surface area contributed by atoms with Crippen molar-refractivity contribution in [2.24, 2.45) is 0 Å². The molecule has 0 aliphatic carbocycles. The molecular weight excluding hydrogens is 611 g/mol. The van der Waals surface area contributed by atoms with Gasteiger partial charge in [0.1, 0.15) is 0 Å². The second kappa shape index (κ2) is 11.4. The van der Waals surface area contributed by atoms with Crippen LogP contribution in [0.4, 0.5) is 5.69 Å². The Morgan fingerprint density at radius 1 is 0.480 bits per heavy atom. The summed E-state index contributed by atoms with van der Waals surface area (Å²) in [5, 5.41) is 24.3. The zero-order valence-electron chi connectivity index (χ0n) is 26.7. The van der Waals surface area contributed by atoms with E-state index >= 15 is 0 Å². The largest absolute Gasteiger partial charge is 0.310 e. The molecule has 50 heavy (non-hydrogen) atoms. The van der Waals surface area contributed by atoms with Gasteiger partial charge in [-0.2, -0.15) is 10.5 Å². The second-order valence-electron chi connectivity index (χ2n) is 12.3. The van der Waals surface area contributed by atoms with Crippen LogP contribution >= 0.6 is 0 Å². The first-order valence-electron chi connectivity index (χ1n) is 16.3. The van der Waals surface area contributed by atoms with E-state index in [-0.39, 0.29) is 0 Å². The van der Waals surface area contributed by atoms with Gasteiger partial charge in [0, 0.05) is 43.9 Å². The van der Waals surface area contributed by atoms with E-state index in [1.165, 1.54) is 10.8 Å². The number of rotatable bonds is 4. The Hall–Kier alpha value is -7.39. The highest BCUT2D eigenvalue weighted by molar-refractivity contribution is 6.11. The van der Waals surface area contributed by atoms with Crippen molar-refractivity contribution in [3.05, 3.63) is 174 Å². The van der Waals surface area contributed by atoms with E-state index in [0.29, 0.717) is 16.8 Å². The molecule has 0 bridgehead atoms. The molecule has 0 atom stereocenters. The van der Waals surface area contributed by atoms with Crippen molar-refractivity contribution in [2.45, 2.75) is 0 Å². The van der Waals surface area contributed by atoms with E-state index in [4.69, 9.17) is 6.57 Å². The molecule has 5 nitrogen and oxygen atoms in total. The Morgan fingerprint density at radius 2 is 1.18 bits per heavy atom. The molecule has 0 spiro atoms. The average molecular weight is 636 g/mol. The first-order chi connectivity index (χ1) is 24.7. The highest BCUT2D eigenvalue weighted by Crippen LogP contribution is 2.40. The van der Waals surface area contributed by atoms with Crippen LogP contribution in [0.2, 0.25) is 0 Å². The van der Waals surface area contributed by atoms with Gasteiger partial charge in [0.25, 0.3) is 0 Å². The molecule has 0 N–H and O–H groups in total. The predicted octanol–water partition coefficient (Wildman–Crippen LogP) is 11.5. The fourth-order valence-corrected chi connectivity index (χ4v) is 7.38. The predicted molar refractivity (Wildman–Crippen MR) is 202 cm³/mol. The molecule has 9 rings (SSSR count). The van der Waals surface area contributed by atoms with Gasteiger partial charge in [-0.25, -0.2) is 4.85 Å². The highest BCUT2D eigenvalue weighted by atomic mass is 15.0. The number of nitriles is 2. The summed E-state index contributed by atoms with van der Waals surface area (Å²) in [4.78, 5) is 3.72. The minimum atomic E-state index is 0.545. The molecule has 230 valence electrons. The van der Waals surface area contributed by atoms with E-state index in [1.54, 1.807) is 0 Å². The van der Waals surface area contributed by atoms with Crippen LogP contribution in [-0.4, -0.2) is 9.13 Å². The van der Waals surface area contributed by atoms with Gasteiger partial charge in [-0.1, -0.05) is 84.9 Å². The van der Waals surface area contributed by atoms with Crippen molar-refractivity contribution >= 4 is 49.3 Å². The number of aromatic nitrogens is 2. The summed E-state index contributed by atoms with van der Waals surface area (Å²) in [7, 11) is 0.